The molecular weight excluding hydrogens is 267 g/mol. The molecule has 0 aliphatic heterocycles. The van der Waals surface area contributed by atoms with Gasteiger partial charge >= 0.3 is 0 Å². The molecule has 0 heterocycles. The molecule has 0 saturated carbocycles. The molecule has 0 radical (unpaired) electrons. The van der Waals surface area contributed by atoms with Gasteiger partial charge in [-0.25, -0.2) is 0 Å². The Bertz CT molecular complexity index is 407. The molecule has 0 bridgehead atoms. The van der Waals surface area contributed by atoms with Gasteiger partial charge in [-0.3, -0.25) is 0 Å². The standard InChI is InChI=1S/C14H22Cl2N2/c1-5-14(2,18(3)4)13(17)8-10-6-7-11(15)9-12(10)16/h6-7,9,13H,5,8,17H2,1-4H3. The molecule has 2 nitrogen and oxygen atoms in total. The predicted octanol–water partition coefficient (Wildman–Crippen LogP) is 3.59. The highest BCUT2D eigenvalue weighted by molar-refractivity contribution is 6.35. The highest BCUT2D eigenvalue weighted by Gasteiger charge is 2.32. The van der Waals surface area contributed by atoms with E-state index < -0.39 is 0 Å². The first-order valence-corrected chi connectivity index (χ1v) is 6.93. The Morgan fingerprint density at radius 2 is 1.94 bits per heavy atom. The zero-order chi connectivity index (χ0) is 13.9. The molecule has 0 amide bonds. The van der Waals surface area contributed by atoms with Crippen LogP contribution in [0, 0.1) is 0 Å². The molecule has 2 N–H and O–H groups in total. The minimum atomic E-state index is -0.0387. The van der Waals surface area contributed by atoms with Crippen molar-refractivity contribution in [3.05, 3.63) is 33.8 Å². The topological polar surface area (TPSA) is 29.3 Å². The average molecular weight is 289 g/mol. The van der Waals surface area contributed by atoms with Gasteiger partial charge in [-0.05, 0) is 51.6 Å². The monoisotopic (exact) mass is 288 g/mol. The number of benzene rings is 1. The van der Waals surface area contributed by atoms with Crippen molar-refractivity contribution >= 4 is 23.2 Å². The van der Waals surface area contributed by atoms with E-state index in [2.05, 4.69) is 32.8 Å². The van der Waals surface area contributed by atoms with E-state index in [1.54, 1.807) is 6.07 Å². The summed E-state index contributed by atoms with van der Waals surface area (Å²) >= 11 is 12.1. The van der Waals surface area contributed by atoms with E-state index in [1.807, 2.05) is 12.1 Å². The van der Waals surface area contributed by atoms with Gasteiger partial charge in [0.2, 0.25) is 0 Å². The lowest BCUT2D eigenvalue weighted by Gasteiger charge is -2.41. The molecule has 0 aliphatic rings. The number of nitrogens with zero attached hydrogens (tertiary/aromatic N) is 1. The van der Waals surface area contributed by atoms with Crippen molar-refractivity contribution in [3.63, 3.8) is 0 Å². The largest absolute Gasteiger partial charge is 0.326 e. The Labute approximate surface area is 120 Å². The fourth-order valence-corrected chi connectivity index (χ4v) is 2.54. The molecule has 1 rings (SSSR count). The van der Waals surface area contributed by atoms with Crippen LogP contribution in [0.1, 0.15) is 25.8 Å². The Morgan fingerprint density at radius 1 is 1.33 bits per heavy atom. The van der Waals surface area contributed by atoms with Gasteiger partial charge in [-0.2, -0.15) is 0 Å². The minimum Gasteiger partial charge on any atom is -0.326 e. The van der Waals surface area contributed by atoms with Crippen LogP contribution in [0.25, 0.3) is 0 Å². The molecule has 2 unspecified atom stereocenters. The van der Waals surface area contributed by atoms with E-state index in [0.29, 0.717) is 10.0 Å². The third-order valence-corrected chi connectivity index (χ3v) is 4.58. The Kier molecular flexibility index (Phi) is 5.47. The smallest absolute Gasteiger partial charge is 0.0453 e. The van der Waals surface area contributed by atoms with Gasteiger partial charge in [-0.1, -0.05) is 36.2 Å². The average Bonchev–Trinajstić information content (AvgIpc) is 2.31. The van der Waals surface area contributed by atoms with E-state index in [-0.39, 0.29) is 11.6 Å². The number of halogens is 2. The van der Waals surface area contributed by atoms with Crippen LogP contribution in [0.3, 0.4) is 0 Å². The number of nitrogens with two attached hydrogens (primary N) is 1. The normalized spacial score (nSPS) is 16.7. The highest BCUT2D eigenvalue weighted by atomic mass is 35.5. The molecule has 18 heavy (non-hydrogen) atoms. The summed E-state index contributed by atoms with van der Waals surface area (Å²) in [4.78, 5) is 2.18. The fourth-order valence-electron chi connectivity index (χ4n) is 2.05. The second kappa shape index (κ2) is 6.25. The van der Waals surface area contributed by atoms with Gasteiger partial charge in [0.25, 0.3) is 0 Å². The Hall–Kier alpha value is -0.280. The second-order valence-corrected chi connectivity index (χ2v) is 6.00. The Morgan fingerprint density at radius 3 is 2.39 bits per heavy atom. The predicted molar refractivity (Wildman–Crippen MR) is 80.5 cm³/mol. The van der Waals surface area contributed by atoms with Crippen LogP contribution in [0.4, 0.5) is 0 Å². The summed E-state index contributed by atoms with van der Waals surface area (Å²) in [6.45, 7) is 4.34. The van der Waals surface area contributed by atoms with Crippen molar-refractivity contribution in [2.24, 2.45) is 5.73 Å². The van der Waals surface area contributed by atoms with Crippen LogP contribution in [-0.2, 0) is 6.42 Å². The molecular formula is C14H22Cl2N2. The third-order valence-electron chi connectivity index (χ3n) is 3.99. The summed E-state index contributed by atoms with van der Waals surface area (Å²) in [6.07, 6.45) is 1.74. The summed E-state index contributed by atoms with van der Waals surface area (Å²) in [5.41, 5.74) is 7.38. The first-order chi connectivity index (χ1) is 8.31. The van der Waals surface area contributed by atoms with E-state index in [0.717, 1.165) is 18.4 Å². The maximum atomic E-state index is 6.37. The summed E-state index contributed by atoms with van der Waals surface area (Å²) < 4.78 is 0. The zero-order valence-electron chi connectivity index (χ0n) is 11.5. The van der Waals surface area contributed by atoms with Crippen LogP contribution in [0.15, 0.2) is 18.2 Å². The van der Waals surface area contributed by atoms with Gasteiger partial charge in [0.1, 0.15) is 0 Å². The fraction of sp³-hybridized carbons (Fsp3) is 0.571. The zero-order valence-corrected chi connectivity index (χ0v) is 13.0. The molecule has 0 saturated heterocycles. The maximum Gasteiger partial charge on any atom is 0.0453 e. The molecule has 0 aliphatic carbocycles. The summed E-state index contributed by atoms with van der Waals surface area (Å²) in [7, 11) is 4.12. The number of hydrogen-bond acceptors (Lipinski definition) is 2. The molecule has 1 aromatic rings. The van der Waals surface area contributed by atoms with Crippen LogP contribution in [-0.4, -0.2) is 30.6 Å². The van der Waals surface area contributed by atoms with Crippen LogP contribution >= 0.6 is 23.2 Å². The van der Waals surface area contributed by atoms with Crippen molar-refractivity contribution in [1.82, 2.24) is 4.90 Å². The van der Waals surface area contributed by atoms with Gasteiger partial charge in [0.15, 0.2) is 0 Å². The van der Waals surface area contributed by atoms with E-state index in [4.69, 9.17) is 28.9 Å². The van der Waals surface area contributed by atoms with Gasteiger partial charge < -0.3 is 10.6 Å². The minimum absolute atomic E-state index is 0.0242. The first kappa shape index (κ1) is 15.8. The summed E-state index contributed by atoms with van der Waals surface area (Å²) in [5, 5.41) is 1.35. The van der Waals surface area contributed by atoms with Crippen molar-refractivity contribution < 1.29 is 0 Å². The molecule has 0 fully saturated rings. The van der Waals surface area contributed by atoms with Crippen molar-refractivity contribution in [2.45, 2.75) is 38.3 Å². The van der Waals surface area contributed by atoms with E-state index in [9.17, 15) is 0 Å². The lowest BCUT2D eigenvalue weighted by atomic mass is 9.85. The maximum absolute atomic E-state index is 6.37. The molecule has 0 aromatic heterocycles. The number of likely N-dealkylation sites (N-methyl/N-ethyl adjacent to an activating group) is 1. The molecule has 102 valence electrons. The summed E-state index contributed by atoms with van der Waals surface area (Å²) in [5.74, 6) is 0. The quantitative estimate of drug-likeness (QED) is 0.897. The molecule has 0 spiro atoms. The van der Waals surface area contributed by atoms with Crippen LogP contribution in [0.5, 0.6) is 0 Å². The molecule has 4 heteroatoms. The highest BCUT2D eigenvalue weighted by Crippen LogP contribution is 2.26. The van der Waals surface area contributed by atoms with E-state index in [1.165, 1.54) is 0 Å². The van der Waals surface area contributed by atoms with Crippen molar-refractivity contribution in [3.8, 4) is 0 Å². The van der Waals surface area contributed by atoms with Crippen molar-refractivity contribution in [1.29, 1.82) is 0 Å². The van der Waals surface area contributed by atoms with Gasteiger partial charge in [-0.15, -0.1) is 0 Å². The number of hydrogen-bond donors (Lipinski definition) is 1. The lowest BCUT2D eigenvalue weighted by molar-refractivity contribution is 0.131. The first-order valence-electron chi connectivity index (χ1n) is 6.18. The second-order valence-electron chi connectivity index (χ2n) is 5.15. The van der Waals surface area contributed by atoms with Crippen LogP contribution < -0.4 is 5.73 Å². The van der Waals surface area contributed by atoms with E-state index >= 15 is 0 Å². The number of rotatable bonds is 5. The van der Waals surface area contributed by atoms with Gasteiger partial charge in [0.05, 0.1) is 0 Å². The Balaban J connectivity index is 2.89. The van der Waals surface area contributed by atoms with Crippen LogP contribution in [0.2, 0.25) is 10.0 Å². The van der Waals surface area contributed by atoms with Crippen molar-refractivity contribution in [2.75, 3.05) is 14.1 Å². The third kappa shape index (κ3) is 3.39. The molecule has 1 aromatic carbocycles. The van der Waals surface area contributed by atoms with Gasteiger partial charge in [0, 0.05) is 21.6 Å². The summed E-state index contributed by atoms with van der Waals surface area (Å²) in [6, 6.07) is 5.60. The molecule has 2 atom stereocenters. The lowest BCUT2D eigenvalue weighted by Crippen LogP contribution is -2.55. The SMILES string of the molecule is CCC(C)(C(N)Cc1ccc(Cl)cc1Cl)N(C)C.